The molecule has 1 rings (SSSR count). The minimum Gasteiger partial charge on any atom is -0.298 e. The fourth-order valence-electron chi connectivity index (χ4n) is 0.769. The Balaban J connectivity index is 2.64. The SMILES string of the molecule is O=C(CS)Cc1ccc(F)cn1. The van der Waals surface area contributed by atoms with Gasteiger partial charge < -0.3 is 0 Å². The van der Waals surface area contributed by atoms with E-state index in [1.54, 1.807) is 0 Å². The highest BCUT2D eigenvalue weighted by atomic mass is 32.1. The zero-order valence-corrected chi connectivity index (χ0v) is 7.22. The molecule has 0 saturated heterocycles. The van der Waals surface area contributed by atoms with Gasteiger partial charge in [0.25, 0.3) is 0 Å². The molecular weight excluding hydrogens is 177 g/mol. The first-order chi connectivity index (χ1) is 5.72. The van der Waals surface area contributed by atoms with Gasteiger partial charge in [0.15, 0.2) is 0 Å². The maximum Gasteiger partial charge on any atom is 0.148 e. The first-order valence-corrected chi connectivity index (χ1v) is 4.08. The predicted octanol–water partition coefficient (Wildman–Crippen LogP) is 1.26. The third-order valence-electron chi connectivity index (χ3n) is 1.34. The number of carbonyl (C=O) groups excluding carboxylic acids is 1. The number of Topliss-reactive ketones (excluding diaryl/α,β-unsaturated/α-hetero) is 1. The van der Waals surface area contributed by atoms with E-state index in [2.05, 4.69) is 17.6 Å². The van der Waals surface area contributed by atoms with Crippen molar-refractivity contribution in [2.24, 2.45) is 0 Å². The summed E-state index contributed by atoms with van der Waals surface area (Å²) in [5.41, 5.74) is 0.579. The van der Waals surface area contributed by atoms with Crippen molar-refractivity contribution < 1.29 is 9.18 Å². The van der Waals surface area contributed by atoms with Gasteiger partial charge in [-0.25, -0.2) is 4.39 Å². The molecule has 0 saturated carbocycles. The summed E-state index contributed by atoms with van der Waals surface area (Å²) in [6.07, 6.45) is 1.32. The van der Waals surface area contributed by atoms with Crippen LogP contribution in [0.15, 0.2) is 18.3 Å². The normalized spacial score (nSPS) is 9.83. The molecule has 0 spiro atoms. The number of ketones is 1. The van der Waals surface area contributed by atoms with Gasteiger partial charge in [-0.1, -0.05) is 0 Å². The van der Waals surface area contributed by atoms with E-state index in [1.165, 1.54) is 12.1 Å². The maximum absolute atomic E-state index is 12.3. The molecule has 12 heavy (non-hydrogen) atoms. The van der Waals surface area contributed by atoms with E-state index in [0.29, 0.717) is 5.69 Å². The van der Waals surface area contributed by atoms with E-state index in [1.807, 2.05) is 0 Å². The van der Waals surface area contributed by atoms with Gasteiger partial charge in [-0.3, -0.25) is 9.78 Å². The standard InChI is InChI=1S/C8H8FNOS/c9-6-1-2-7(10-4-6)3-8(11)5-12/h1-2,4,12H,3,5H2. The lowest BCUT2D eigenvalue weighted by atomic mass is 10.2. The smallest absolute Gasteiger partial charge is 0.148 e. The van der Waals surface area contributed by atoms with Crippen molar-refractivity contribution in [3.05, 3.63) is 29.8 Å². The topological polar surface area (TPSA) is 30.0 Å². The molecule has 0 amide bonds. The second kappa shape index (κ2) is 4.21. The number of carbonyl (C=O) groups is 1. The second-order valence-electron chi connectivity index (χ2n) is 2.34. The molecule has 0 atom stereocenters. The van der Waals surface area contributed by atoms with Crippen molar-refractivity contribution in [3.63, 3.8) is 0 Å². The van der Waals surface area contributed by atoms with Gasteiger partial charge >= 0.3 is 0 Å². The Bertz CT molecular complexity index is 273. The third kappa shape index (κ3) is 2.62. The zero-order chi connectivity index (χ0) is 8.97. The fraction of sp³-hybridized carbons (Fsp3) is 0.250. The average Bonchev–Trinajstić information content (AvgIpc) is 2.09. The molecular formula is C8H8FNOS. The van der Waals surface area contributed by atoms with E-state index in [4.69, 9.17) is 0 Å². The molecule has 0 aromatic carbocycles. The largest absolute Gasteiger partial charge is 0.298 e. The van der Waals surface area contributed by atoms with Crippen LogP contribution in [0.25, 0.3) is 0 Å². The summed E-state index contributed by atoms with van der Waals surface area (Å²) in [7, 11) is 0. The Kier molecular flexibility index (Phi) is 3.22. The van der Waals surface area contributed by atoms with Gasteiger partial charge in [-0.05, 0) is 12.1 Å². The van der Waals surface area contributed by atoms with Crippen LogP contribution in [-0.2, 0) is 11.2 Å². The summed E-state index contributed by atoms with van der Waals surface area (Å²) in [4.78, 5) is 14.6. The Hall–Kier alpha value is -0.900. The summed E-state index contributed by atoms with van der Waals surface area (Å²) in [6, 6.07) is 2.78. The lowest BCUT2D eigenvalue weighted by Crippen LogP contribution is -2.05. The van der Waals surface area contributed by atoms with E-state index < -0.39 is 5.82 Å². The zero-order valence-electron chi connectivity index (χ0n) is 6.33. The summed E-state index contributed by atoms with van der Waals surface area (Å²) in [5, 5.41) is 0. The van der Waals surface area contributed by atoms with Crippen LogP contribution in [0.3, 0.4) is 0 Å². The van der Waals surface area contributed by atoms with Gasteiger partial charge in [-0.15, -0.1) is 0 Å². The lowest BCUT2D eigenvalue weighted by Gasteiger charge is -1.96. The van der Waals surface area contributed by atoms with E-state index in [0.717, 1.165) is 6.20 Å². The highest BCUT2D eigenvalue weighted by Gasteiger charge is 2.01. The second-order valence-corrected chi connectivity index (χ2v) is 2.66. The molecule has 0 N–H and O–H groups in total. The van der Waals surface area contributed by atoms with E-state index in [9.17, 15) is 9.18 Å². The van der Waals surface area contributed by atoms with Crippen LogP contribution in [0.5, 0.6) is 0 Å². The Morgan fingerprint density at radius 3 is 2.83 bits per heavy atom. The third-order valence-corrected chi connectivity index (χ3v) is 1.70. The van der Waals surface area contributed by atoms with Crippen LogP contribution in [0.1, 0.15) is 5.69 Å². The van der Waals surface area contributed by atoms with Crippen LogP contribution < -0.4 is 0 Å². The highest BCUT2D eigenvalue weighted by Crippen LogP contribution is 1.99. The molecule has 4 heteroatoms. The van der Waals surface area contributed by atoms with Crippen LogP contribution in [0.2, 0.25) is 0 Å². The number of aromatic nitrogens is 1. The highest BCUT2D eigenvalue weighted by molar-refractivity contribution is 7.81. The molecule has 1 aromatic rings. The number of nitrogens with zero attached hydrogens (tertiary/aromatic N) is 1. The number of hydrogen-bond donors (Lipinski definition) is 1. The number of rotatable bonds is 3. The average molecular weight is 185 g/mol. The van der Waals surface area contributed by atoms with Gasteiger partial charge in [0, 0.05) is 17.9 Å². The van der Waals surface area contributed by atoms with E-state index in [-0.39, 0.29) is 18.0 Å². The molecule has 0 aliphatic heterocycles. The number of hydrogen-bond acceptors (Lipinski definition) is 3. The number of pyridine rings is 1. The Morgan fingerprint density at radius 2 is 2.33 bits per heavy atom. The minimum atomic E-state index is -0.392. The number of thiol groups is 1. The molecule has 0 fully saturated rings. The monoisotopic (exact) mass is 185 g/mol. The maximum atomic E-state index is 12.3. The molecule has 0 aliphatic rings. The summed E-state index contributed by atoms with van der Waals surface area (Å²) >= 11 is 3.81. The summed E-state index contributed by atoms with van der Waals surface area (Å²) in [5.74, 6) is -0.214. The van der Waals surface area contributed by atoms with Crippen LogP contribution in [-0.4, -0.2) is 16.5 Å². The van der Waals surface area contributed by atoms with Crippen molar-refractivity contribution in [3.8, 4) is 0 Å². The molecule has 0 unspecified atom stereocenters. The van der Waals surface area contributed by atoms with Gasteiger partial charge in [0.05, 0.1) is 6.20 Å². The lowest BCUT2D eigenvalue weighted by molar-refractivity contribution is -0.116. The van der Waals surface area contributed by atoms with Gasteiger partial charge in [0.2, 0.25) is 0 Å². The first-order valence-electron chi connectivity index (χ1n) is 3.45. The molecule has 1 aromatic heterocycles. The van der Waals surface area contributed by atoms with Gasteiger partial charge in [-0.2, -0.15) is 12.6 Å². The molecule has 0 bridgehead atoms. The molecule has 64 valence electrons. The number of halogens is 1. The Labute approximate surface area is 75.2 Å². The van der Waals surface area contributed by atoms with Crippen molar-refractivity contribution >= 4 is 18.4 Å². The van der Waals surface area contributed by atoms with Crippen LogP contribution >= 0.6 is 12.6 Å². The molecule has 0 radical (unpaired) electrons. The van der Waals surface area contributed by atoms with Crippen molar-refractivity contribution in [2.75, 3.05) is 5.75 Å². The predicted molar refractivity (Wildman–Crippen MR) is 46.8 cm³/mol. The fourth-order valence-corrected chi connectivity index (χ4v) is 0.881. The Morgan fingerprint density at radius 1 is 1.58 bits per heavy atom. The van der Waals surface area contributed by atoms with Crippen LogP contribution in [0.4, 0.5) is 4.39 Å². The van der Waals surface area contributed by atoms with Crippen molar-refractivity contribution in [1.29, 1.82) is 0 Å². The van der Waals surface area contributed by atoms with Crippen LogP contribution in [0, 0.1) is 5.82 Å². The molecule has 1 heterocycles. The summed E-state index contributed by atoms with van der Waals surface area (Å²) < 4.78 is 12.3. The van der Waals surface area contributed by atoms with E-state index >= 15 is 0 Å². The quantitative estimate of drug-likeness (QED) is 0.718. The minimum absolute atomic E-state index is 0.0163. The molecule has 0 aliphatic carbocycles. The first kappa shape index (κ1) is 9.19. The van der Waals surface area contributed by atoms with Gasteiger partial charge in [0.1, 0.15) is 11.6 Å². The molecule has 2 nitrogen and oxygen atoms in total. The van der Waals surface area contributed by atoms with Crippen molar-refractivity contribution in [1.82, 2.24) is 4.98 Å². The summed E-state index contributed by atoms with van der Waals surface area (Å²) in [6.45, 7) is 0. The van der Waals surface area contributed by atoms with Crippen molar-refractivity contribution in [2.45, 2.75) is 6.42 Å².